The van der Waals surface area contributed by atoms with Gasteiger partial charge in [0.25, 0.3) is 0 Å². The van der Waals surface area contributed by atoms with Gasteiger partial charge in [-0.2, -0.15) is 0 Å². The Kier molecular flexibility index (Phi) is 6.73. The Morgan fingerprint density at radius 2 is 1.32 bits per heavy atom. The highest BCUT2D eigenvalue weighted by Crippen LogP contribution is 2.45. The smallest absolute Gasteiger partial charge is 0.305 e. The molecule has 1 aliphatic carbocycles. The summed E-state index contributed by atoms with van der Waals surface area (Å²) in [6.07, 6.45) is 16.3. The van der Waals surface area contributed by atoms with Gasteiger partial charge in [-0.25, -0.2) is 0 Å². The van der Waals surface area contributed by atoms with Gasteiger partial charge in [-0.15, -0.1) is 0 Å². The molecule has 0 aromatic rings. The maximum absolute atomic E-state index is 11.5. The summed E-state index contributed by atoms with van der Waals surface area (Å²) in [5.41, 5.74) is 0. The summed E-state index contributed by atoms with van der Waals surface area (Å²) in [7, 11) is 0. The Bertz CT molecular complexity index is 238. The fourth-order valence-corrected chi connectivity index (χ4v) is 3.34. The first-order valence-corrected chi connectivity index (χ1v) is 8.52. The van der Waals surface area contributed by atoms with Crippen LogP contribution < -0.4 is 0 Å². The lowest BCUT2D eigenvalue weighted by Crippen LogP contribution is -2.05. The molecule has 2 fully saturated rings. The van der Waals surface area contributed by atoms with Crippen LogP contribution in [0.15, 0.2) is 0 Å². The van der Waals surface area contributed by atoms with Crippen molar-refractivity contribution in [2.75, 3.05) is 6.61 Å². The molecule has 2 nitrogen and oxygen atoms in total. The molecule has 1 saturated carbocycles. The molecule has 2 atom stereocenters. The second-order valence-corrected chi connectivity index (χ2v) is 6.49. The van der Waals surface area contributed by atoms with E-state index in [4.69, 9.17) is 4.74 Å². The van der Waals surface area contributed by atoms with Crippen LogP contribution in [0.25, 0.3) is 0 Å². The van der Waals surface area contributed by atoms with Crippen molar-refractivity contribution < 1.29 is 9.53 Å². The van der Waals surface area contributed by atoms with E-state index in [0.717, 1.165) is 24.7 Å². The zero-order valence-corrected chi connectivity index (χ0v) is 12.4. The maximum Gasteiger partial charge on any atom is 0.305 e. The third kappa shape index (κ3) is 6.44. The first kappa shape index (κ1) is 14.9. The SMILES string of the molecule is O=C1CCCCCCC[C@H]2C[C@@H]2CCCCCCO1. The van der Waals surface area contributed by atoms with Crippen molar-refractivity contribution in [3.8, 4) is 0 Å². The molecule has 0 N–H and O–H groups in total. The van der Waals surface area contributed by atoms with Crippen LogP contribution in [0.2, 0.25) is 0 Å². The molecule has 19 heavy (non-hydrogen) atoms. The predicted molar refractivity (Wildman–Crippen MR) is 78.0 cm³/mol. The van der Waals surface area contributed by atoms with E-state index < -0.39 is 0 Å². The summed E-state index contributed by atoms with van der Waals surface area (Å²) in [5.74, 6) is 2.15. The van der Waals surface area contributed by atoms with Crippen LogP contribution in [0.4, 0.5) is 0 Å². The Balaban J connectivity index is 1.62. The number of carbonyl (C=O) groups is 1. The van der Waals surface area contributed by atoms with Gasteiger partial charge in [0.05, 0.1) is 6.61 Å². The minimum Gasteiger partial charge on any atom is -0.466 e. The molecule has 0 aromatic carbocycles. The van der Waals surface area contributed by atoms with Crippen molar-refractivity contribution in [2.24, 2.45) is 11.8 Å². The molecule has 1 saturated heterocycles. The van der Waals surface area contributed by atoms with Crippen LogP contribution >= 0.6 is 0 Å². The average molecular weight is 266 g/mol. The van der Waals surface area contributed by atoms with Gasteiger partial charge in [-0.05, 0) is 31.1 Å². The Labute approximate surface area is 118 Å². The number of carbonyl (C=O) groups excluding carboxylic acids is 1. The summed E-state index contributed by atoms with van der Waals surface area (Å²) < 4.78 is 5.26. The van der Waals surface area contributed by atoms with E-state index in [2.05, 4.69) is 0 Å². The fraction of sp³-hybridized carbons (Fsp3) is 0.941. The second kappa shape index (κ2) is 8.60. The molecule has 0 bridgehead atoms. The number of ether oxygens (including phenoxy) is 1. The highest BCUT2D eigenvalue weighted by Gasteiger charge is 2.34. The van der Waals surface area contributed by atoms with Crippen LogP contribution in [0.3, 0.4) is 0 Å². The lowest BCUT2D eigenvalue weighted by molar-refractivity contribution is -0.143. The molecular formula is C17H30O2. The highest BCUT2D eigenvalue weighted by atomic mass is 16.5. The van der Waals surface area contributed by atoms with Crippen LogP contribution in [0.1, 0.15) is 83.5 Å². The minimum absolute atomic E-state index is 0.0190. The van der Waals surface area contributed by atoms with Crippen molar-refractivity contribution in [1.82, 2.24) is 0 Å². The van der Waals surface area contributed by atoms with Crippen molar-refractivity contribution in [3.63, 3.8) is 0 Å². The van der Waals surface area contributed by atoms with Crippen molar-refractivity contribution in [1.29, 1.82) is 0 Å². The van der Waals surface area contributed by atoms with Crippen LogP contribution in [-0.4, -0.2) is 12.6 Å². The molecule has 1 heterocycles. The van der Waals surface area contributed by atoms with Gasteiger partial charge < -0.3 is 4.74 Å². The Hall–Kier alpha value is -0.530. The van der Waals surface area contributed by atoms with E-state index in [0.29, 0.717) is 13.0 Å². The molecule has 0 radical (unpaired) electrons. The standard InChI is InChI=1S/C17H30O2/c18-17-12-8-3-1-2-6-10-15-14-16(15)11-7-4-5-9-13-19-17/h15-16H,1-14H2/t15-,16-/m0/s1. The van der Waals surface area contributed by atoms with Gasteiger partial charge in [0.15, 0.2) is 0 Å². The van der Waals surface area contributed by atoms with Gasteiger partial charge >= 0.3 is 5.97 Å². The zero-order chi connectivity index (χ0) is 13.3. The maximum atomic E-state index is 11.5. The fourth-order valence-electron chi connectivity index (χ4n) is 3.34. The monoisotopic (exact) mass is 266 g/mol. The minimum atomic E-state index is 0.0190. The Morgan fingerprint density at radius 3 is 2.05 bits per heavy atom. The van der Waals surface area contributed by atoms with Gasteiger partial charge in [-0.1, -0.05) is 57.8 Å². The third-order valence-electron chi connectivity index (χ3n) is 4.76. The third-order valence-corrected chi connectivity index (χ3v) is 4.76. The number of hydrogen-bond acceptors (Lipinski definition) is 2. The van der Waals surface area contributed by atoms with Crippen molar-refractivity contribution in [3.05, 3.63) is 0 Å². The van der Waals surface area contributed by atoms with Crippen LogP contribution in [0, 0.1) is 11.8 Å². The van der Waals surface area contributed by atoms with Gasteiger partial charge in [-0.3, -0.25) is 4.79 Å². The average Bonchev–Trinajstić information content (AvgIpc) is 3.14. The van der Waals surface area contributed by atoms with Crippen molar-refractivity contribution in [2.45, 2.75) is 83.5 Å². The molecule has 0 spiro atoms. The quantitative estimate of drug-likeness (QED) is 0.585. The summed E-state index contributed by atoms with van der Waals surface area (Å²) in [6.45, 7) is 0.644. The van der Waals surface area contributed by atoms with E-state index in [-0.39, 0.29) is 5.97 Å². The van der Waals surface area contributed by atoms with Crippen molar-refractivity contribution >= 4 is 5.97 Å². The number of cyclic esters (lactones) is 1. The molecule has 2 heteroatoms. The second-order valence-electron chi connectivity index (χ2n) is 6.49. The number of fused-ring (bicyclic) bond motifs is 1. The van der Waals surface area contributed by atoms with E-state index in [1.54, 1.807) is 0 Å². The highest BCUT2D eigenvalue weighted by molar-refractivity contribution is 5.69. The van der Waals surface area contributed by atoms with E-state index >= 15 is 0 Å². The van der Waals surface area contributed by atoms with E-state index in [9.17, 15) is 4.79 Å². The molecule has 2 aliphatic rings. The molecule has 1 aliphatic heterocycles. The molecule has 0 aromatic heterocycles. The summed E-state index contributed by atoms with van der Waals surface area (Å²) in [6, 6.07) is 0. The largest absolute Gasteiger partial charge is 0.466 e. The molecule has 110 valence electrons. The predicted octanol–water partition coefficient (Wildman–Crippen LogP) is 4.86. The number of rotatable bonds is 0. The van der Waals surface area contributed by atoms with E-state index in [1.807, 2.05) is 0 Å². The summed E-state index contributed by atoms with van der Waals surface area (Å²) in [4.78, 5) is 11.5. The van der Waals surface area contributed by atoms with Gasteiger partial charge in [0.2, 0.25) is 0 Å². The Morgan fingerprint density at radius 1 is 0.737 bits per heavy atom. The molecule has 0 unspecified atom stereocenters. The number of esters is 1. The van der Waals surface area contributed by atoms with Crippen LogP contribution in [0.5, 0.6) is 0 Å². The van der Waals surface area contributed by atoms with Gasteiger partial charge in [0.1, 0.15) is 0 Å². The van der Waals surface area contributed by atoms with Crippen LogP contribution in [-0.2, 0) is 9.53 Å². The normalized spacial score (nSPS) is 31.9. The van der Waals surface area contributed by atoms with Gasteiger partial charge in [0, 0.05) is 6.42 Å². The number of hydrogen-bond donors (Lipinski definition) is 0. The lowest BCUT2D eigenvalue weighted by Gasteiger charge is -2.04. The molecule has 2 rings (SSSR count). The molecular weight excluding hydrogens is 236 g/mol. The summed E-state index contributed by atoms with van der Waals surface area (Å²) >= 11 is 0. The first-order valence-electron chi connectivity index (χ1n) is 8.52. The lowest BCUT2D eigenvalue weighted by atomic mass is 10.0. The first-order chi connectivity index (χ1) is 9.36. The zero-order valence-electron chi connectivity index (χ0n) is 12.4. The topological polar surface area (TPSA) is 26.3 Å². The summed E-state index contributed by atoms with van der Waals surface area (Å²) in [5, 5.41) is 0. The molecule has 0 amide bonds. The van der Waals surface area contributed by atoms with E-state index in [1.165, 1.54) is 64.2 Å².